The maximum absolute atomic E-state index is 14.0. The molecule has 9 heteroatoms. The third kappa shape index (κ3) is 5.57. The van der Waals surface area contributed by atoms with Crippen molar-refractivity contribution in [1.82, 2.24) is 10.2 Å². The molecule has 10 atom stereocenters. The van der Waals surface area contributed by atoms with E-state index in [1.807, 2.05) is 0 Å². The van der Waals surface area contributed by atoms with Crippen LogP contribution in [0.3, 0.4) is 0 Å². The first kappa shape index (κ1) is 38.3. The normalized spacial score (nSPS) is 45.0. The zero-order chi connectivity index (χ0) is 37.7. The second-order valence-electron chi connectivity index (χ2n) is 19.9. The number of allylic oxidation sites excluding steroid dienone is 5. The number of alkyl halides is 1. The fourth-order valence-corrected chi connectivity index (χ4v) is 15.6. The van der Waals surface area contributed by atoms with Crippen molar-refractivity contribution < 1.29 is 27.5 Å². The largest absolute Gasteiger partial charge is 0.481 e. The Bertz CT molecular complexity index is 1670. The maximum Gasteiger partial charge on any atom is 0.312 e. The Hall–Kier alpha value is -2.00. The number of halogens is 1. The Kier molecular flexibility index (Phi) is 9.41. The summed E-state index contributed by atoms with van der Waals surface area (Å²) in [6.45, 7) is 19.5. The van der Waals surface area contributed by atoms with Gasteiger partial charge in [-0.15, -0.1) is 0 Å². The van der Waals surface area contributed by atoms with Gasteiger partial charge in [0.05, 0.1) is 23.5 Å². The molecule has 7 rings (SSSR count). The van der Waals surface area contributed by atoms with E-state index in [2.05, 4.69) is 65.6 Å². The minimum atomic E-state index is -3.05. The second kappa shape index (κ2) is 12.8. The molecule has 1 amide bonds. The minimum Gasteiger partial charge on any atom is -0.481 e. The first-order valence-electron chi connectivity index (χ1n) is 20.4. The van der Waals surface area contributed by atoms with Crippen LogP contribution in [0.2, 0.25) is 0 Å². The number of rotatable bonds is 7. The van der Waals surface area contributed by atoms with Gasteiger partial charge in [-0.25, -0.2) is 12.8 Å². The molecule has 0 radical (unpaired) electrons. The molecule has 0 aromatic heterocycles. The molecular formula is C43H65FN2O5S. The van der Waals surface area contributed by atoms with Crippen molar-refractivity contribution in [2.75, 3.05) is 37.8 Å². The molecule has 1 saturated heterocycles. The van der Waals surface area contributed by atoms with E-state index in [0.717, 1.165) is 32.1 Å². The summed E-state index contributed by atoms with van der Waals surface area (Å²) in [6, 6.07) is 0. The number of hydrogen-bond donors (Lipinski definition) is 2. The van der Waals surface area contributed by atoms with Crippen LogP contribution in [0.4, 0.5) is 4.39 Å². The Morgan fingerprint density at radius 2 is 1.63 bits per heavy atom. The van der Waals surface area contributed by atoms with Crippen LogP contribution in [-0.2, 0) is 19.4 Å². The van der Waals surface area contributed by atoms with Crippen molar-refractivity contribution in [2.45, 2.75) is 124 Å². The third-order valence-electron chi connectivity index (χ3n) is 17.6. The topological polar surface area (TPSA) is 104 Å². The smallest absolute Gasteiger partial charge is 0.312 e. The molecular weight excluding hydrogens is 676 g/mol. The number of carbonyl (C=O) groups is 2. The molecule has 290 valence electrons. The molecule has 1 aliphatic heterocycles. The summed E-state index contributed by atoms with van der Waals surface area (Å²) >= 11 is 0. The van der Waals surface area contributed by atoms with Crippen molar-refractivity contribution >= 4 is 21.7 Å². The summed E-state index contributed by atoms with van der Waals surface area (Å²) < 4.78 is 38.0. The number of carboxylic acids is 1. The van der Waals surface area contributed by atoms with Gasteiger partial charge in [0.1, 0.15) is 6.67 Å². The number of carboxylic acid groups (broad SMARTS) is 1. The Labute approximate surface area is 312 Å². The molecule has 0 bridgehead atoms. The summed E-state index contributed by atoms with van der Waals surface area (Å²) in [4.78, 5) is 27.2. The molecule has 0 spiro atoms. The zero-order valence-electron chi connectivity index (χ0n) is 32.8. The number of carbonyl (C=O) groups excluding carboxylic acids is 1. The Morgan fingerprint density at radius 1 is 0.923 bits per heavy atom. The molecule has 0 aromatic rings. The Morgan fingerprint density at radius 3 is 2.25 bits per heavy atom. The van der Waals surface area contributed by atoms with E-state index in [1.54, 1.807) is 4.90 Å². The van der Waals surface area contributed by atoms with E-state index in [0.29, 0.717) is 55.5 Å². The van der Waals surface area contributed by atoms with Gasteiger partial charge in [-0.3, -0.25) is 9.59 Å². The molecule has 1 heterocycles. The summed E-state index contributed by atoms with van der Waals surface area (Å²) in [5.41, 5.74) is 2.95. The van der Waals surface area contributed by atoms with Crippen LogP contribution in [0.15, 0.2) is 35.5 Å². The van der Waals surface area contributed by atoms with E-state index < -0.39 is 27.9 Å². The van der Waals surface area contributed by atoms with Crippen LogP contribution in [0.1, 0.15) is 119 Å². The van der Waals surface area contributed by atoms with Crippen LogP contribution in [0, 0.1) is 56.7 Å². The first-order valence-corrected chi connectivity index (χ1v) is 22.2. The van der Waals surface area contributed by atoms with Crippen LogP contribution in [0.25, 0.3) is 0 Å². The van der Waals surface area contributed by atoms with Gasteiger partial charge in [-0.2, -0.15) is 0 Å². The van der Waals surface area contributed by atoms with Crippen LogP contribution in [-0.4, -0.2) is 73.7 Å². The quantitative estimate of drug-likeness (QED) is 0.257. The highest BCUT2D eigenvalue weighted by Gasteiger charge is 2.70. The van der Waals surface area contributed by atoms with Gasteiger partial charge in [0.15, 0.2) is 9.84 Å². The van der Waals surface area contributed by atoms with Crippen molar-refractivity contribution in [3.05, 3.63) is 35.5 Å². The number of aliphatic carboxylic acids is 1. The third-order valence-corrected chi connectivity index (χ3v) is 19.2. The minimum absolute atomic E-state index is 0.0250. The van der Waals surface area contributed by atoms with Gasteiger partial charge in [-0.1, -0.05) is 58.9 Å². The average Bonchev–Trinajstić information content (AvgIpc) is 3.48. The van der Waals surface area contributed by atoms with Crippen molar-refractivity contribution in [2.24, 2.45) is 56.7 Å². The monoisotopic (exact) mass is 740 g/mol. The lowest BCUT2D eigenvalue weighted by Gasteiger charge is -2.72. The lowest BCUT2D eigenvalue weighted by molar-refractivity contribution is -0.221. The zero-order valence-corrected chi connectivity index (χ0v) is 33.6. The highest BCUT2D eigenvalue weighted by molar-refractivity contribution is 7.91. The molecule has 6 aliphatic carbocycles. The van der Waals surface area contributed by atoms with Crippen molar-refractivity contribution in [3.63, 3.8) is 0 Å². The highest BCUT2D eigenvalue weighted by Crippen LogP contribution is 2.76. The number of hydrogen-bond acceptors (Lipinski definition) is 5. The van der Waals surface area contributed by atoms with Gasteiger partial charge in [0.2, 0.25) is 5.91 Å². The van der Waals surface area contributed by atoms with Crippen molar-refractivity contribution in [1.29, 1.82) is 0 Å². The lowest BCUT2D eigenvalue weighted by atomic mass is 9.33. The van der Waals surface area contributed by atoms with Crippen LogP contribution >= 0.6 is 0 Å². The average molecular weight is 741 g/mol. The van der Waals surface area contributed by atoms with E-state index in [1.165, 1.54) is 42.4 Å². The van der Waals surface area contributed by atoms with E-state index in [9.17, 15) is 27.5 Å². The van der Waals surface area contributed by atoms with Gasteiger partial charge in [-0.05, 0) is 146 Å². The number of fused-ring (bicyclic) bond motifs is 7. The van der Waals surface area contributed by atoms with E-state index in [4.69, 9.17) is 0 Å². The fraction of sp³-hybridized carbons (Fsp3) is 0.814. The SMILES string of the molecule is C=C(C)[C@@H]1CC[C@]2(NCC(=O)N3CCS(=O)(=O)CC3)CC[C@]3(C)[C@H](CC[C@@H]4[C@@]5(C)CC=C(C6=CC[C@](CF)(C(=O)O)CC6)C(C)(C)[C@@H]5CC[C@]43C)[C@@H]12. The van der Waals surface area contributed by atoms with Crippen LogP contribution < -0.4 is 5.32 Å². The van der Waals surface area contributed by atoms with Crippen molar-refractivity contribution in [3.8, 4) is 0 Å². The number of nitrogens with one attached hydrogen (secondary N) is 1. The van der Waals surface area contributed by atoms with E-state index >= 15 is 0 Å². The summed E-state index contributed by atoms with van der Waals surface area (Å²) in [5.74, 6) is 1.63. The standard InChI is InChI=1S/C43H65FN2O5S/c1-28(2)30-12-19-43(45-26-35(47)46-22-24-52(50,51)25-23-46)21-20-40(6)32(36(30)43)8-9-34-39(5)15-13-31(38(3,4)33(39)14-16-41(34,40)7)29-10-17-42(27-44,18-11-29)37(48)49/h10,13,30,32-34,36,45H,1,8-9,11-12,14-27H2,2-7H3,(H,48,49)/t30-,32+,33-,34+,36+,39-,40+,41+,42-,43-/m0/s1. The summed E-state index contributed by atoms with van der Waals surface area (Å²) in [5, 5.41) is 13.7. The molecule has 7 aliphatic rings. The summed E-state index contributed by atoms with van der Waals surface area (Å²) in [6.07, 6.45) is 16.0. The van der Waals surface area contributed by atoms with Gasteiger partial charge in [0, 0.05) is 18.6 Å². The van der Waals surface area contributed by atoms with Gasteiger partial charge < -0.3 is 15.3 Å². The molecule has 2 N–H and O–H groups in total. The molecule has 0 unspecified atom stereocenters. The van der Waals surface area contributed by atoms with Crippen LogP contribution in [0.5, 0.6) is 0 Å². The second-order valence-corrected chi connectivity index (χ2v) is 22.2. The van der Waals surface area contributed by atoms with Gasteiger partial charge in [0.25, 0.3) is 0 Å². The highest BCUT2D eigenvalue weighted by atomic mass is 32.2. The maximum atomic E-state index is 14.0. The number of amides is 1. The molecule has 4 saturated carbocycles. The molecule has 5 fully saturated rings. The summed E-state index contributed by atoms with van der Waals surface area (Å²) in [7, 11) is -3.05. The fourth-order valence-electron chi connectivity index (χ4n) is 14.4. The molecule has 0 aromatic carbocycles. The number of nitrogens with zero attached hydrogens (tertiary/aromatic N) is 1. The first-order chi connectivity index (χ1) is 24.3. The predicted octanol–water partition coefficient (Wildman–Crippen LogP) is 7.93. The predicted molar refractivity (Wildman–Crippen MR) is 204 cm³/mol. The van der Waals surface area contributed by atoms with E-state index in [-0.39, 0.29) is 57.6 Å². The number of sulfone groups is 1. The molecule has 52 heavy (non-hydrogen) atoms. The lowest BCUT2D eigenvalue weighted by Crippen LogP contribution is -2.68. The van der Waals surface area contributed by atoms with Gasteiger partial charge >= 0.3 is 5.97 Å². The molecule has 7 nitrogen and oxygen atoms in total. The Balaban J connectivity index is 1.14.